The maximum atomic E-state index is 13.5. The molecule has 0 amide bonds. The molecular weight excluding hydrogens is 281 g/mol. The van der Waals surface area contributed by atoms with Crippen molar-refractivity contribution < 1.29 is 17.9 Å². The van der Waals surface area contributed by atoms with Crippen molar-refractivity contribution in [2.45, 2.75) is 25.5 Å². The second-order valence-corrected chi connectivity index (χ2v) is 7.55. The van der Waals surface area contributed by atoms with E-state index in [0.717, 1.165) is 0 Å². The number of sulfone groups is 1. The smallest absolute Gasteiger partial charge is 0.153 e. The summed E-state index contributed by atoms with van der Waals surface area (Å²) in [7, 11) is -2.93. The van der Waals surface area contributed by atoms with E-state index in [4.69, 9.17) is 0 Å². The Morgan fingerprint density at radius 3 is 2.80 bits per heavy atom. The van der Waals surface area contributed by atoms with Crippen LogP contribution in [-0.2, 0) is 9.84 Å². The maximum absolute atomic E-state index is 13.5. The molecule has 1 saturated heterocycles. The number of nitrogens with zero attached hydrogens (tertiary/aromatic N) is 1. The van der Waals surface area contributed by atoms with Crippen LogP contribution in [0.25, 0.3) is 0 Å². The van der Waals surface area contributed by atoms with Crippen LogP contribution in [0.15, 0.2) is 24.3 Å². The lowest BCUT2D eigenvalue weighted by atomic mass is 10.1. The van der Waals surface area contributed by atoms with Crippen molar-refractivity contribution in [3.8, 4) is 0 Å². The molecule has 1 aliphatic rings. The van der Waals surface area contributed by atoms with Gasteiger partial charge in [0.1, 0.15) is 5.82 Å². The molecular formula is C14H20FNO3S. The largest absolute Gasteiger partial charge is 0.388 e. The second-order valence-electron chi connectivity index (χ2n) is 5.33. The van der Waals surface area contributed by atoms with Gasteiger partial charge >= 0.3 is 0 Å². The molecule has 0 bridgehead atoms. The first kappa shape index (κ1) is 15.4. The molecule has 0 saturated carbocycles. The van der Waals surface area contributed by atoms with Crippen molar-refractivity contribution in [3.63, 3.8) is 0 Å². The van der Waals surface area contributed by atoms with Gasteiger partial charge in [-0.2, -0.15) is 0 Å². The lowest BCUT2D eigenvalue weighted by Crippen LogP contribution is -2.47. The first-order chi connectivity index (χ1) is 9.39. The molecule has 2 rings (SSSR count). The van der Waals surface area contributed by atoms with E-state index >= 15 is 0 Å². The highest BCUT2D eigenvalue weighted by atomic mass is 32.2. The molecule has 1 aromatic rings. The molecule has 0 aliphatic carbocycles. The van der Waals surface area contributed by atoms with Crippen LogP contribution >= 0.6 is 0 Å². The van der Waals surface area contributed by atoms with Crippen LogP contribution in [-0.4, -0.2) is 49.1 Å². The summed E-state index contributed by atoms with van der Waals surface area (Å²) in [4.78, 5) is 2.03. The third kappa shape index (κ3) is 3.77. The van der Waals surface area contributed by atoms with E-state index < -0.39 is 21.8 Å². The Labute approximate surface area is 119 Å². The normalized spacial score (nSPS) is 24.4. The number of aliphatic hydroxyl groups excluding tert-OH is 1. The van der Waals surface area contributed by atoms with Crippen LogP contribution in [0.2, 0.25) is 0 Å². The Kier molecular flexibility index (Phi) is 4.78. The van der Waals surface area contributed by atoms with E-state index in [-0.39, 0.29) is 17.5 Å². The maximum Gasteiger partial charge on any atom is 0.153 e. The van der Waals surface area contributed by atoms with Gasteiger partial charge in [-0.25, -0.2) is 12.8 Å². The van der Waals surface area contributed by atoms with Crippen molar-refractivity contribution in [3.05, 3.63) is 35.6 Å². The highest BCUT2D eigenvalue weighted by Gasteiger charge is 2.28. The number of benzene rings is 1. The molecule has 0 aromatic heterocycles. The quantitative estimate of drug-likeness (QED) is 0.912. The zero-order valence-electron chi connectivity index (χ0n) is 11.5. The molecule has 0 radical (unpaired) electrons. The molecule has 1 fully saturated rings. The summed E-state index contributed by atoms with van der Waals surface area (Å²) in [5.41, 5.74) is 0.296. The Hall–Kier alpha value is -0.980. The average Bonchev–Trinajstić information content (AvgIpc) is 2.37. The van der Waals surface area contributed by atoms with Gasteiger partial charge < -0.3 is 5.11 Å². The average molecular weight is 301 g/mol. The van der Waals surface area contributed by atoms with E-state index in [9.17, 15) is 17.9 Å². The predicted octanol–water partition coefficient (Wildman–Crippen LogP) is 1.37. The van der Waals surface area contributed by atoms with Crippen molar-refractivity contribution in [2.24, 2.45) is 0 Å². The molecule has 0 spiro atoms. The molecule has 1 heterocycles. The molecule has 4 nitrogen and oxygen atoms in total. The van der Waals surface area contributed by atoms with E-state index in [1.807, 2.05) is 11.8 Å². The second kappa shape index (κ2) is 6.20. The lowest BCUT2D eigenvalue weighted by Gasteiger charge is -2.33. The van der Waals surface area contributed by atoms with Gasteiger partial charge in [0.15, 0.2) is 9.84 Å². The lowest BCUT2D eigenvalue weighted by molar-refractivity contribution is 0.129. The highest BCUT2D eigenvalue weighted by molar-refractivity contribution is 7.91. The summed E-state index contributed by atoms with van der Waals surface area (Å²) < 4.78 is 36.5. The summed E-state index contributed by atoms with van der Waals surface area (Å²) in [6, 6.07) is 6.13. The summed E-state index contributed by atoms with van der Waals surface area (Å²) in [6.07, 6.45) is -0.465. The van der Waals surface area contributed by atoms with Crippen LogP contribution in [0.4, 0.5) is 4.39 Å². The Morgan fingerprint density at radius 2 is 2.15 bits per heavy atom. The number of hydrogen-bond acceptors (Lipinski definition) is 4. The number of halogens is 1. The molecule has 20 heavy (non-hydrogen) atoms. The summed E-state index contributed by atoms with van der Waals surface area (Å²) in [5, 5.41) is 10.0. The highest BCUT2D eigenvalue weighted by Crippen LogP contribution is 2.21. The standard InChI is InChI=1S/C14H20FNO3S/c1-11-10-20(18,19)9-8-16(11)7-6-14(17)12-4-2-3-5-13(12)15/h2-5,11,14,17H,6-10H2,1H3. The molecule has 1 N–H and O–H groups in total. The zero-order valence-corrected chi connectivity index (χ0v) is 12.3. The molecule has 1 aromatic carbocycles. The molecule has 112 valence electrons. The third-order valence-electron chi connectivity index (χ3n) is 3.76. The minimum absolute atomic E-state index is 0.0541. The third-order valence-corrected chi connectivity index (χ3v) is 5.56. The van der Waals surface area contributed by atoms with E-state index in [2.05, 4.69) is 0 Å². The molecule has 2 atom stereocenters. The van der Waals surface area contributed by atoms with Gasteiger partial charge in [0.05, 0.1) is 17.6 Å². The summed E-state index contributed by atoms with van der Waals surface area (Å²) >= 11 is 0. The van der Waals surface area contributed by atoms with Crippen molar-refractivity contribution in [2.75, 3.05) is 24.6 Å². The van der Waals surface area contributed by atoms with Gasteiger partial charge in [0.2, 0.25) is 0 Å². The van der Waals surface area contributed by atoms with E-state index in [1.54, 1.807) is 18.2 Å². The fourth-order valence-corrected chi connectivity index (χ4v) is 4.18. The SMILES string of the molecule is CC1CS(=O)(=O)CCN1CCC(O)c1ccccc1F. The first-order valence-electron chi connectivity index (χ1n) is 6.76. The Balaban J connectivity index is 1.91. The number of aliphatic hydroxyl groups is 1. The van der Waals surface area contributed by atoms with Crippen molar-refractivity contribution in [1.82, 2.24) is 4.90 Å². The van der Waals surface area contributed by atoms with E-state index in [0.29, 0.717) is 25.1 Å². The summed E-state index contributed by atoms with van der Waals surface area (Å²) in [6.45, 7) is 2.91. The fourth-order valence-electron chi connectivity index (χ4n) is 2.55. The van der Waals surface area contributed by atoms with Crippen LogP contribution in [0.1, 0.15) is 25.0 Å². The van der Waals surface area contributed by atoms with Gasteiger partial charge in [-0.3, -0.25) is 4.90 Å². The molecule has 2 unspecified atom stereocenters. The Bertz CT molecular complexity index is 561. The van der Waals surface area contributed by atoms with Gasteiger partial charge in [-0.05, 0) is 19.4 Å². The minimum Gasteiger partial charge on any atom is -0.388 e. The molecule has 6 heteroatoms. The monoisotopic (exact) mass is 301 g/mol. The summed E-state index contributed by atoms with van der Waals surface area (Å²) in [5.74, 6) is -0.0927. The van der Waals surface area contributed by atoms with Gasteiger partial charge in [0.25, 0.3) is 0 Å². The van der Waals surface area contributed by atoms with Crippen LogP contribution < -0.4 is 0 Å². The van der Waals surface area contributed by atoms with Gasteiger partial charge in [-0.15, -0.1) is 0 Å². The predicted molar refractivity (Wildman–Crippen MR) is 75.7 cm³/mol. The van der Waals surface area contributed by atoms with Gasteiger partial charge in [0, 0.05) is 24.7 Å². The van der Waals surface area contributed by atoms with Crippen LogP contribution in [0.5, 0.6) is 0 Å². The first-order valence-corrected chi connectivity index (χ1v) is 8.58. The fraction of sp³-hybridized carbons (Fsp3) is 0.571. The van der Waals surface area contributed by atoms with Crippen molar-refractivity contribution >= 4 is 9.84 Å². The minimum atomic E-state index is -2.93. The van der Waals surface area contributed by atoms with Crippen LogP contribution in [0, 0.1) is 5.82 Å². The van der Waals surface area contributed by atoms with E-state index in [1.165, 1.54) is 6.07 Å². The van der Waals surface area contributed by atoms with Crippen molar-refractivity contribution in [1.29, 1.82) is 0 Å². The number of rotatable bonds is 4. The topological polar surface area (TPSA) is 57.6 Å². The van der Waals surface area contributed by atoms with Crippen LogP contribution in [0.3, 0.4) is 0 Å². The Morgan fingerprint density at radius 1 is 1.45 bits per heavy atom. The zero-order chi connectivity index (χ0) is 14.8. The molecule has 1 aliphatic heterocycles. The van der Waals surface area contributed by atoms with Gasteiger partial charge in [-0.1, -0.05) is 18.2 Å². The number of hydrogen-bond donors (Lipinski definition) is 1.